The maximum Gasteiger partial charge on any atom is 0.327 e. The Kier molecular flexibility index (Phi) is 11.5. The molecule has 0 aromatic carbocycles. The van der Waals surface area contributed by atoms with Gasteiger partial charge in [-0.1, -0.05) is 25.7 Å². The lowest BCUT2D eigenvalue weighted by Gasteiger charge is -2.23. The number of hydrogen-bond donors (Lipinski definition) is 0. The van der Waals surface area contributed by atoms with E-state index in [4.69, 9.17) is 8.95 Å². The van der Waals surface area contributed by atoms with Crippen LogP contribution in [0.1, 0.15) is 51.9 Å². The van der Waals surface area contributed by atoms with Gasteiger partial charge in [-0.2, -0.15) is 0 Å². The molecule has 0 saturated heterocycles. The molecule has 0 N–H and O–H groups in total. The summed E-state index contributed by atoms with van der Waals surface area (Å²) in [7, 11) is -3.13. The lowest BCUT2D eigenvalue weighted by molar-refractivity contribution is -0.121. The lowest BCUT2D eigenvalue weighted by atomic mass is 10.1. The number of rotatable bonds is 14. The van der Waals surface area contributed by atoms with Crippen LogP contribution in [0.4, 0.5) is 0 Å². The zero-order chi connectivity index (χ0) is 17.9. The van der Waals surface area contributed by atoms with Gasteiger partial charge in [0, 0.05) is 26.3 Å². The van der Waals surface area contributed by atoms with Crippen LogP contribution in [0.25, 0.3) is 0 Å². The van der Waals surface area contributed by atoms with Crippen LogP contribution in [-0.2, 0) is 22.8 Å². The molecule has 138 valence electrons. The summed E-state index contributed by atoms with van der Waals surface area (Å²) in [6, 6.07) is 0. The second-order valence-electron chi connectivity index (χ2n) is 7.11. The van der Waals surface area contributed by atoms with Crippen LogP contribution in [0.3, 0.4) is 0 Å². The molecule has 23 heavy (non-hydrogen) atoms. The van der Waals surface area contributed by atoms with Crippen LogP contribution in [-0.4, -0.2) is 40.6 Å². The molecule has 0 saturated carbocycles. The lowest BCUT2D eigenvalue weighted by Crippen LogP contribution is -2.30. The minimum absolute atomic E-state index is 0.0127. The fourth-order valence-electron chi connectivity index (χ4n) is 2.26. The number of hydrogen-bond acceptors (Lipinski definition) is 5. The first kappa shape index (κ1) is 23.0. The first-order chi connectivity index (χ1) is 10.6. The first-order valence-electron chi connectivity index (χ1n) is 8.53. The molecule has 0 aliphatic carbocycles. The molecule has 0 heterocycles. The second kappa shape index (κ2) is 11.5. The summed E-state index contributed by atoms with van der Waals surface area (Å²) >= 11 is 0. The summed E-state index contributed by atoms with van der Waals surface area (Å²) in [5.41, 5.74) is 0. The molecule has 0 aliphatic rings. The van der Waals surface area contributed by atoms with E-state index in [1.165, 1.54) is 26.6 Å². The van der Waals surface area contributed by atoms with Crippen LogP contribution in [0.5, 0.6) is 0 Å². The van der Waals surface area contributed by atoms with E-state index in [1.807, 2.05) is 0 Å². The van der Waals surface area contributed by atoms with Gasteiger partial charge >= 0.3 is 7.60 Å². The second-order valence-corrected chi connectivity index (χ2v) is 13.7. The van der Waals surface area contributed by atoms with Crippen molar-refractivity contribution in [2.45, 2.75) is 77.6 Å². The van der Waals surface area contributed by atoms with Gasteiger partial charge in [-0.25, -0.2) is 0 Å². The third-order valence-electron chi connectivity index (χ3n) is 3.41. The molecule has 0 aromatic heterocycles. The normalized spacial score (nSPS) is 16.1. The Hall–Kier alpha value is -0.00312. The van der Waals surface area contributed by atoms with E-state index in [0.717, 1.165) is 25.7 Å². The highest BCUT2D eigenvalue weighted by Gasteiger charge is 2.18. The van der Waals surface area contributed by atoms with Gasteiger partial charge in [-0.3, -0.25) is 9.36 Å². The number of ketones is 1. The van der Waals surface area contributed by atoms with Gasteiger partial charge in [-0.15, -0.1) is 0 Å². The summed E-state index contributed by atoms with van der Waals surface area (Å²) in [5.74, 6) is -0.0127. The summed E-state index contributed by atoms with van der Waals surface area (Å²) in [4.78, 5) is 11.6. The Bertz CT molecular complexity index is 381. The van der Waals surface area contributed by atoms with Gasteiger partial charge in [0.2, 0.25) is 0 Å². The molecule has 2 unspecified atom stereocenters. The summed E-state index contributed by atoms with van der Waals surface area (Å²) in [6.07, 6.45) is 7.35. The minimum Gasteiger partial charge on any atom is -0.415 e. The van der Waals surface area contributed by atoms with Gasteiger partial charge in [0.05, 0.1) is 0 Å². The van der Waals surface area contributed by atoms with E-state index in [9.17, 15) is 9.36 Å². The molecular weight excluding hydrogens is 331 g/mol. The third-order valence-corrected chi connectivity index (χ3v) is 5.78. The number of unbranched alkanes of at least 4 members (excludes halogenated alkanes) is 4. The van der Waals surface area contributed by atoms with E-state index < -0.39 is 15.9 Å². The van der Waals surface area contributed by atoms with E-state index in [2.05, 4.69) is 31.1 Å². The molecule has 5 nitrogen and oxygen atoms in total. The first-order valence-corrected chi connectivity index (χ1v) is 13.9. The van der Waals surface area contributed by atoms with Crippen LogP contribution in [0.15, 0.2) is 0 Å². The predicted molar refractivity (Wildman–Crippen MR) is 97.7 cm³/mol. The number of carbonyl (C=O) groups excluding carboxylic acids is 1. The van der Waals surface area contributed by atoms with E-state index in [1.54, 1.807) is 0 Å². The summed E-state index contributed by atoms with van der Waals surface area (Å²) in [6.45, 7) is 10.1. The third kappa shape index (κ3) is 15.3. The zero-order valence-electron chi connectivity index (χ0n) is 15.7. The van der Waals surface area contributed by atoms with Gasteiger partial charge in [0.1, 0.15) is 6.61 Å². The topological polar surface area (TPSA) is 61.8 Å². The Balaban J connectivity index is 3.52. The van der Waals surface area contributed by atoms with Crippen molar-refractivity contribution in [3.63, 3.8) is 0 Å². The van der Waals surface area contributed by atoms with Gasteiger partial charge in [0.25, 0.3) is 0 Å². The molecule has 0 rings (SSSR count). The number of carbonyl (C=O) groups is 1. The average molecular weight is 367 g/mol. The van der Waals surface area contributed by atoms with Gasteiger partial charge in [-0.05, 0) is 39.4 Å². The Morgan fingerprint density at radius 1 is 1.09 bits per heavy atom. The van der Waals surface area contributed by atoms with Crippen LogP contribution in [0.2, 0.25) is 19.6 Å². The van der Waals surface area contributed by atoms with Crippen molar-refractivity contribution in [3.05, 3.63) is 0 Å². The Morgan fingerprint density at radius 2 is 1.65 bits per heavy atom. The van der Waals surface area contributed by atoms with Crippen molar-refractivity contribution >= 4 is 21.7 Å². The van der Waals surface area contributed by atoms with Crippen molar-refractivity contribution < 1.29 is 22.8 Å². The molecule has 7 heteroatoms. The highest BCUT2D eigenvalue weighted by atomic mass is 31.2. The zero-order valence-corrected chi connectivity index (χ0v) is 17.6. The Labute approximate surface area is 143 Å². The molecule has 0 aromatic rings. The van der Waals surface area contributed by atoms with Crippen molar-refractivity contribution in [1.29, 1.82) is 0 Å². The molecule has 0 fully saturated rings. The molecule has 0 bridgehead atoms. The standard InChI is InChI=1S/C16H35O5PSi/c1-15(21-23(4,5)6)12-10-8-7-9-11-13-16(17)14-20-22(3,18)19-2/h15H,7-14H2,1-6H3. The minimum atomic E-state index is -3.04. The smallest absolute Gasteiger partial charge is 0.327 e. The molecule has 0 amide bonds. The Morgan fingerprint density at radius 3 is 2.22 bits per heavy atom. The SMILES string of the molecule is COP(C)(=O)OCC(=O)CCCCCCCC(C)O[Si](C)(C)C. The largest absolute Gasteiger partial charge is 0.415 e. The van der Waals surface area contributed by atoms with Gasteiger partial charge < -0.3 is 13.5 Å². The summed E-state index contributed by atoms with van der Waals surface area (Å²) < 4.78 is 27.1. The van der Waals surface area contributed by atoms with Crippen LogP contribution >= 0.6 is 7.60 Å². The quantitative estimate of drug-likeness (QED) is 0.246. The number of Topliss-reactive ketones (excluding diaryl/α,β-unsaturated/α-hetero) is 1. The fraction of sp³-hybridized carbons (Fsp3) is 0.938. The van der Waals surface area contributed by atoms with Crippen LogP contribution in [0, 0.1) is 0 Å². The van der Waals surface area contributed by atoms with E-state index in [0.29, 0.717) is 12.5 Å². The highest BCUT2D eigenvalue weighted by Crippen LogP contribution is 2.42. The van der Waals surface area contributed by atoms with Crippen molar-refractivity contribution in [1.82, 2.24) is 0 Å². The highest BCUT2D eigenvalue weighted by molar-refractivity contribution is 7.52. The fourth-order valence-corrected chi connectivity index (χ4v) is 4.07. The predicted octanol–water partition coefficient (Wildman–Crippen LogP) is 5.01. The molecule has 0 aliphatic heterocycles. The maximum atomic E-state index is 11.6. The molecule has 2 atom stereocenters. The van der Waals surface area contributed by atoms with Crippen molar-refractivity contribution in [2.75, 3.05) is 20.4 Å². The molecule has 0 radical (unpaired) electrons. The van der Waals surface area contributed by atoms with Crippen molar-refractivity contribution in [2.24, 2.45) is 0 Å². The van der Waals surface area contributed by atoms with Gasteiger partial charge in [0.15, 0.2) is 14.1 Å². The maximum absolute atomic E-state index is 11.6. The van der Waals surface area contributed by atoms with E-state index in [-0.39, 0.29) is 12.4 Å². The average Bonchev–Trinajstić information content (AvgIpc) is 2.42. The van der Waals surface area contributed by atoms with E-state index >= 15 is 0 Å². The van der Waals surface area contributed by atoms with Crippen LogP contribution < -0.4 is 0 Å². The monoisotopic (exact) mass is 366 g/mol. The summed E-state index contributed by atoms with van der Waals surface area (Å²) in [5, 5.41) is 0. The molecular formula is C16H35O5PSi. The molecule has 0 spiro atoms. The van der Waals surface area contributed by atoms with Crippen molar-refractivity contribution in [3.8, 4) is 0 Å².